The number of hydrogen-bond acceptors (Lipinski definition) is 6. The molecule has 6 nitrogen and oxygen atoms in total. The highest BCUT2D eigenvalue weighted by Gasteiger charge is 2.40. The van der Waals surface area contributed by atoms with Crippen LogP contribution in [0.15, 0.2) is 23.8 Å². The lowest BCUT2D eigenvalue weighted by molar-refractivity contribution is -0.179. The summed E-state index contributed by atoms with van der Waals surface area (Å²) in [7, 11) is 0. The number of rotatable bonds is 8. The molecule has 0 unspecified atom stereocenters. The Morgan fingerprint density at radius 2 is 1.81 bits per heavy atom. The van der Waals surface area contributed by atoms with Gasteiger partial charge in [0.25, 0.3) is 0 Å². The predicted octanol–water partition coefficient (Wildman–Crippen LogP) is 1.42. The third-order valence-corrected chi connectivity index (χ3v) is 5.26. The van der Waals surface area contributed by atoms with Crippen molar-refractivity contribution in [1.29, 1.82) is 0 Å². The third-order valence-electron chi connectivity index (χ3n) is 5.26. The average molecular weight is 370 g/mol. The average Bonchev–Trinajstić information content (AvgIpc) is 2.61. The van der Waals surface area contributed by atoms with Gasteiger partial charge in [-0.15, -0.1) is 0 Å². The summed E-state index contributed by atoms with van der Waals surface area (Å²) in [4.78, 5) is 11.7. The van der Waals surface area contributed by atoms with Gasteiger partial charge in [-0.05, 0) is 13.8 Å². The molecule has 0 bridgehead atoms. The number of hydrogen-bond donors (Lipinski definition) is 4. The number of carbonyl (C=O) groups is 1. The van der Waals surface area contributed by atoms with E-state index in [9.17, 15) is 20.1 Å². The van der Waals surface area contributed by atoms with Crippen LogP contribution in [0.3, 0.4) is 0 Å². The topological polar surface area (TPSA) is 107 Å². The van der Waals surface area contributed by atoms with Crippen LogP contribution < -0.4 is 0 Å². The summed E-state index contributed by atoms with van der Waals surface area (Å²) >= 11 is 0. The molecular formula is C20H34O6. The SMILES string of the molecule is C/C(=C/[C@H](C)[C@@H](O)[C@@H](C)/C=C\[C@@H](O)C[C@@H]1OC(=O)[C@H](C)[C@@H](O)[C@H]1C)CO. The van der Waals surface area contributed by atoms with Crippen LogP contribution >= 0.6 is 0 Å². The second-order valence-corrected chi connectivity index (χ2v) is 7.68. The van der Waals surface area contributed by atoms with Gasteiger partial charge >= 0.3 is 5.97 Å². The van der Waals surface area contributed by atoms with Crippen molar-refractivity contribution in [2.24, 2.45) is 23.7 Å². The molecule has 1 fully saturated rings. The molecule has 0 aromatic rings. The van der Waals surface area contributed by atoms with Crippen molar-refractivity contribution in [3.63, 3.8) is 0 Å². The highest BCUT2D eigenvalue weighted by atomic mass is 16.5. The molecule has 6 heteroatoms. The first-order valence-electron chi connectivity index (χ1n) is 9.29. The largest absolute Gasteiger partial charge is 0.462 e. The van der Waals surface area contributed by atoms with Gasteiger partial charge < -0.3 is 25.2 Å². The van der Waals surface area contributed by atoms with Gasteiger partial charge in [-0.25, -0.2) is 0 Å². The van der Waals surface area contributed by atoms with Crippen LogP contribution in [0.5, 0.6) is 0 Å². The minimum absolute atomic E-state index is 0.0389. The molecule has 0 saturated carbocycles. The first-order valence-corrected chi connectivity index (χ1v) is 9.29. The minimum Gasteiger partial charge on any atom is -0.462 e. The van der Waals surface area contributed by atoms with E-state index in [4.69, 9.17) is 9.84 Å². The van der Waals surface area contributed by atoms with Crippen molar-refractivity contribution >= 4 is 5.97 Å². The number of cyclic esters (lactones) is 1. The molecule has 1 saturated heterocycles. The maximum absolute atomic E-state index is 11.7. The molecule has 0 aliphatic carbocycles. The first kappa shape index (κ1) is 22.8. The molecule has 1 heterocycles. The van der Waals surface area contributed by atoms with Crippen molar-refractivity contribution in [3.05, 3.63) is 23.8 Å². The molecule has 0 aromatic carbocycles. The molecule has 26 heavy (non-hydrogen) atoms. The maximum atomic E-state index is 11.7. The van der Waals surface area contributed by atoms with Gasteiger partial charge in [0.1, 0.15) is 6.10 Å². The highest BCUT2D eigenvalue weighted by Crippen LogP contribution is 2.29. The van der Waals surface area contributed by atoms with E-state index in [0.29, 0.717) is 0 Å². The van der Waals surface area contributed by atoms with Gasteiger partial charge in [0.05, 0.1) is 30.8 Å². The predicted molar refractivity (Wildman–Crippen MR) is 99.2 cm³/mol. The fourth-order valence-corrected chi connectivity index (χ4v) is 3.25. The Hall–Kier alpha value is -1.21. The van der Waals surface area contributed by atoms with E-state index in [1.54, 1.807) is 32.9 Å². The van der Waals surface area contributed by atoms with Crippen LogP contribution in [0, 0.1) is 23.7 Å². The molecule has 1 aliphatic heterocycles. The van der Waals surface area contributed by atoms with Crippen molar-refractivity contribution in [2.75, 3.05) is 6.61 Å². The van der Waals surface area contributed by atoms with E-state index in [1.165, 1.54) is 0 Å². The molecule has 4 N–H and O–H groups in total. The van der Waals surface area contributed by atoms with Crippen LogP contribution in [-0.2, 0) is 9.53 Å². The van der Waals surface area contributed by atoms with E-state index in [2.05, 4.69) is 0 Å². The number of ether oxygens (including phenoxy) is 1. The van der Waals surface area contributed by atoms with Crippen LogP contribution in [0.2, 0.25) is 0 Å². The molecule has 1 aliphatic rings. The van der Waals surface area contributed by atoms with Crippen LogP contribution in [0.25, 0.3) is 0 Å². The highest BCUT2D eigenvalue weighted by molar-refractivity contribution is 5.73. The monoisotopic (exact) mass is 370 g/mol. The Balaban J connectivity index is 2.61. The lowest BCUT2D eigenvalue weighted by atomic mass is 9.84. The summed E-state index contributed by atoms with van der Waals surface area (Å²) in [6.45, 7) is 8.92. The Kier molecular flexibility index (Phi) is 8.96. The second kappa shape index (κ2) is 10.2. The Labute approximate surface area is 156 Å². The zero-order chi connectivity index (χ0) is 20.0. The van der Waals surface area contributed by atoms with Crippen molar-refractivity contribution < 1.29 is 30.0 Å². The van der Waals surface area contributed by atoms with E-state index >= 15 is 0 Å². The summed E-state index contributed by atoms with van der Waals surface area (Å²) in [5.41, 5.74) is 0.800. The van der Waals surface area contributed by atoms with Gasteiger partial charge in [0.15, 0.2) is 0 Å². The molecule has 8 atom stereocenters. The molecule has 0 aromatic heterocycles. The van der Waals surface area contributed by atoms with Gasteiger partial charge in [-0.3, -0.25) is 4.79 Å². The zero-order valence-electron chi connectivity index (χ0n) is 16.4. The van der Waals surface area contributed by atoms with E-state index in [0.717, 1.165) is 5.57 Å². The van der Waals surface area contributed by atoms with E-state index in [1.807, 2.05) is 19.9 Å². The van der Waals surface area contributed by atoms with Gasteiger partial charge in [0.2, 0.25) is 0 Å². The Bertz CT molecular complexity index is 514. The fraction of sp³-hybridized carbons (Fsp3) is 0.750. The van der Waals surface area contributed by atoms with E-state index in [-0.39, 0.29) is 30.8 Å². The molecule has 1 rings (SSSR count). The van der Waals surface area contributed by atoms with Gasteiger partial charge in [-0.2, -0.15) is 0 Å². The van der Waals surface area contributed by atoms with Crippen LogP contribution in [0.1, 0.15) is 41.0 Å². The summed E-state index contributed by atoms with van der Waals surface area (Å²) in [5.74, 6) is -1.57. The van der Waals surface area contributed by atoms with Crippen molar-refractivity contribution in [1.82, 2.24) is 0 Å². The quantitative estimate of drug-likeness (QED) is 0.380. The summed E-state index contributed by atoms with van der Waals surface area (Å²) in [6, 6.07) is 0. The Morgan fingerprint density at radius 3 is 2.38 bits per heavy atom. The molecule has 0 spiro atoms. The zero-order valence-corrected chi connectivity index (χ0v) is 16.4. The summed E-state index contributed by atoms with van der Waals surface area (Å²) in [5, 5.41) is 39.7. The molecular weight excluding hydrogens is 336 g/mol. The number of aliphatic hydroxyl groups excluding tert-OH is 4. The van der Waals surface area contributed by atoms with Crippen molar-refractivity contribution in [3.8, 4) is 0 Å². The summed E-state index contributed by atoms with van der Waals surface area (Å²) in [6.07, 6.45) is 2.57. The standard InChI is InChI=1S/C20H34O6/c1-11(10-21)8-13(3)18(23)12(2)6-7-16(22)9-17-14(4)19(24)15(5)20(25)26-17/h6-8,12-19,21-24H,9-10H2,1-5H3/b7-6-,11-8-/t12-,13-,14-,15+,16+,17-,18-,19-/m0/s1. The smallest absolute Gasteiger partial charge is 0.311 e. The van der Waals surface area contributed by atoms with Gasteiger partial charge in [0, 0.05) is 24.2 Å². The lowest BCUT2D eigenvalue weighted by Gasteiger charge is -2.36. The Morgan fingerprint density at radius 1 is 1.19 bits per heavy atom. The van der Waals surface area contributed by atoms with Crippen LogP contribution in [0.4, 0.5) is 0 Å². The van der Waals surface area contributed by atoms with Crippen molar-refractivity contribution in [2.45, 2.75) is 65.5 Å². The second-order valence-electron chi connectivity index (χ2n) is 7.68. The van der Waals surface area contributed by atoms with E-state index < -0.39 is 36.3 Å². The maximum Gasteiger partial charge on any atom is 0.311 e. The normalized spacial score (nSPS) is 32.2. The number of esters is 1. The molecule has 0 amide bonds. The summed E-state index contributed by atoms with van der Waals surface area (Å²) < 4.78 is 5.33. The van der Waals surface area contributed by atoms with Crippen LogP contribution in [-0.4, -0.2) is 57.4 Å². The fourth-order valence-electron chi connectivity index (χ4n) is 3.25. The minimum atomic E-state index is -0.837. The first-order chi connectivity index (χ1) is 12.1. The molecule has 150 valence electrons. The number of aliphatic hydroxyl groups is 4. The lowest BCUT2D eigenvalue weighted by Crippen LogP contribution is -2.47. The number of carbonyl (C=O) groups excluding carboxylic acids is 1. The van der Waals surface area contributed by atoms with Gasteiger partial charge in [-0.1, -0.05) is 44.6 Å². The third kappa shape index (κ3) is 6.20. The molecule has 0 radical (unpaired) electrons.